The summed E-state index contributed by atoms with van der Waals surface area (Å²) in [5.41, 5.74) is 2.57. The molecule has 1 N–H and O–H groups in total. The van der Waals surface area contributed by atoms with Gasteiger partial charge in [0.1, 0.15) is 11.9 Å². The first-order chi connectivity index (χ1) is 18.5. The van der Waals surface area contributed by atoms with Crippen molar-refractivity contribution in [3.63, 3.8) is 0 Å². The predicted octanol–water partition coefficient (Wildman–Crippen LogP) is 6.71. The van der Waals surface area contributed by atoms with E-state index in [1.54, 1.807) is 34.9 Å². The molecule has 6 heteroatoms. The van der Waals surface area contributed by atoms with Crippen LogP contribution in [0.1, 0.15) is 55.2 Å². The minimum absolute atomic E-state index is 0.0519. The number of thioether (sulfide) groups is 1. The Labute approximate surface area is 230 Å². The second-order valence-electron chi connectivity index (χ2n) is 10.1. The molecule has 0 unspecified atom stereocenters. The molecule has 1 aliphatic rings. The summed E-state index contributed by atoms with van der Waals surface area (Å²) in [5.74, 6) is -0.0903. The number of nitrogens with zero attached hydrogens (tertiary/aromatic N) is 1. The molecule has 4 nitrogen and oxygen atoms in total. The molecule has 1 saturated carbocycles. The Kier molecular flexibility index (Phi) is 10.4. The summed E-state index contributed by atoms with van der Waals surface area (Å²) in [4.78, 5) is 30.2. The van der Waals surface area contributed by atoms with Crippen LogP contribution in [0.4, 0.5) is 4.39 Å². The van der Waals surface area contributed by atoms with Gasteiger partial charge in [0.15, 0.2) is 0 Å². The van der Waals surface area contributed by atoms with E-state index < -0.39 is 6.04 Å². The lowest BCUT2D eigenvalue weighted by molar-refractivity contribution is -0.141. The van der Waals surface area contributed by atoms with Gasteiger partial charge in [-0.3, -0.25) is 9.59 Å². The Bertz CT molecular complexity index is 1180. The topological polar surface area (TPSA) is 49.4 Å². The highest BCUT2D eigenvalue weighted by molar-refractivity contribution is 7.99. The van der Waals surface area contributed by atoms with Crippen LogP contribution in [0.3, 0.4) is 0 Å². The molecule has 200 valence electrons. The molecule has 38 heavy (non-hydrogen) atoms. The third-order valence-corrected chi connectivity index (χ3v) is 8.14. The molecular weight excluding hydrogens is 495 g/mol. The summed E-state index contributed by atoms with van der Waals surface area (Å²) in [6.07, 6.45) is 5.94. The van der Waals surface area contributed by atoms with Crippen LogP contribution in [0.5, 0.6) is 0 Å². The maximum absolute atomic E-state index is 14.7. The molecule has 0 saturated heterocycles. The van der Waals surface area contributed by atoms with Crippen LogP contribution < -0.4 is 5.32 Å². The molecule has 1 fully saturated rings. The van der Waals surface area contributed by atoms with Crippen molar-refractivity contribution in [3.05, 3.63) is 101 Å². The standard InChI is InChI=1S/C32H37FN2O2S/c1-24-16-18-28(19-17-24)38-21-20-31(36)35(23-26-12-8-9-15-29(26)33)30(22-25-10-4-2-5-11-25)32(37)34-27-13-6-3-7-14-27/h2,4-5,8-12,15-19,27,30H,3,6-7,13-14,20-23H2,1H3,(H,34,37)/t30-/m0/s1. The van der Waals surface area contributed by atoms with Gasteiger partial charge in [-0.1, -0.05) is 85.5 Å². The number of aryl methyl sites for hydroxylation is 1. The van der Waals surface area contributed by atoms with Crippen molar-refractivity contribution in [2.45, 2.75) is 75.4 Å². The minimum atomic E-state index is -0.726. The van der Waals surface area contributed by atoms with E-state index in [0.717, 1.165) is 36.1 Å². The third-order valence-electron chi connectivity index (χ3n) is 7.13. The molecule has 0 radical (unpaired) electrons. The van der Waals surface area contributed by atoms with E-state index in [0.29, 0.717) is 17.7 Å². The number of hydrogen-bond acceptors (Lipinski definition) is 3. The summed E-state index contributed by atoms with van der Waals surface area (Å²) >= 11 is 1.61. The van der Waals surface area contributed by atoms with Crippen molar-refractivity contribution in [1.29, 1.82) is 0 Å². The number of rotatable bonds is 11. The molecular formula is C32H37FN2O2S. The Balaban J connectivity index is 1.56. The van der Waals surface area contributed by atoms with E-state index in [-0.39, 0.29) is 36.6 Å². The second-order valence-corrected chi connectivity index (χ2v) is 11.2. The van der Waals surface area contributed by atoms with Crippen molar-refractivity contribution in [2.24, 2.45) is 0 Å². The van der Waals surface area contributed by atoms with Crippen LogP contribution in [-0.4, -0.2) is 34.6 Å². The van der Waals surface area contributed by atoms with Crippen LogP contribution in [-0.2, 0) is 22.6 Å². The van der Waals surface area contributed by atoms with Crippen molar-refractivity contribution in [2.75, 3.05) is 5.75 Å². The zero-order chi connectivity index (χ0) is 26.7. The lowest BCUT2D eigenvalue weighted by atomic mass is 9.94. The van der Waals surface area contributed by atoms with E-state index in [4.69, 9.17) is 0 Å². The maximum Gasteiger partial charge on any atom is 0.243 e. The largest absolute Gasteiger partial charge is 0.352 e. The third kappa shape index (κ3) is 8.19. The quantitative estimate of drug-likeness (QED) is 0.279. The van der Waals surface area contributed by atoms with Gasteiger partial charge in [0, 0.05) is 41.6 Å². The van der Waals surface area contributed by atoms with Gasteiger partial charge in [0.25, 0.3) is 0 Å². The molecule has 4 rings (SSSR count). The zero-order valence-corrected chi connectivity index (χ0v) is 22.9. The number of amides is 2. The predicted molar refractivity (Wildman–Crippen MR) is 152 cm³/mol. The number of carbonyl (C=O) groups is 2. The molecule has 0 heterocycles. The number of hydrogen-bond donors (Lipinski definition) is 1. The maximum atomic E-state index is 14.7. The minimum Gasteiger partial charge on any atom is -0.352 e. The van der Waals surface area contributed by atoms with Gasteiger partial charge in [-0.15, -0.1) is 11.8 Å². The molecule has 0 aromatic heterocycles. The van der Waals surface area contributed by atoms with Gasteiger partial charge in [-0.2, -0.15) is 0 Å². The van der Waals surface area contributed by atoms with E-state index >= 15 is 0 Å². The molecule has 1 aliphatic carbocycles. The molecule has 1 atom stereocenters. The van der Waals surface area contributed by atoms with Crippen LogP contribution in [0.15, 0.2) is 83.8 Å². The van der Waals surface area contributed by atoms with Crippen molar-refractivity contribution in [3.8, 4) is 0 Å². The highest BCUT2D eigenvalue weighted by atomic mass is 32.2. The van der Waals surface area contributed by atoms with E-state index in [9.17, 15) is 14.0 Å². The summed E-state index contributed by atoms with van der Waals surface area (Å²) in [7, 11) is 0. The molecule has 0 bridgehead atoms. The highest BCUT2D eigenvalue weighted by Crippen LogP contribution is 2.23. The number of benzene rings is 3. The Morgan fingerprint density at radius 3 is 2.34 bits per heavy atom. The van der Waals surface area contributed by atoms with Crippen molar-refractivity contribution < 1.29 is 14.0 Å². The Morgan fingerprint density at radius 1 is 0.947 bits per heavy atom. The lowest BCUT2D eigenvalue weighted by Crippen LogP contribution is -2.53. The number of carbonyl (C=O) groups excluding carboxylic acids is 2. The van der Waals surface area contributed by atoms with Gasteiger partial charge < -0.3 is 10.2 Å². The van der Waals surface area contributed by atoms with Crippen LogP contribution in [0.2, 0.25) is 0 Å². The fraction of sp³-hybridized carbons (Fsp3) is 0.375. The summed E-state index contributed by atoms with van der Waals surface area (Å²) in [6.45, 7) is 2.10. The smallest absolute Gasteiger partial charge is 0.243 e. The first-order valence-electron chi connectivity index (χ1n) is 13.6. The zero-order valence-electron chi connectivity index (χ0n) is 22.1. The van der Waals surface area contributed by atoms with Gasteiger partial charge in [0.2, 0.25) is 11.8 Å². The van der Waals surface area contributed by atoms with Crippen molar-refractivity contribution in [1.82, 2.24) is 10.2 Å². The highest BCUT2D eigenvalue weighted by Gasteiger charge is 2.32. The van der Waals surface area contributed by atoms with Crippen LogP contribution in [0, 0.1) is 12.7 Å². The monoisotopic (exact) mass is 532 g/mol. The second kappa shape index (κ2) is 14.1. The van der Waals surface area contributed by atoms with E-state index in [1.165, 1.54) is 18.1 Å². The van der Waals surface area contributed by atoms with Gasteiger partial charge in [-0.25, -0.2) is 4.39 Å². The van der Waals surface area contributed by atoms with Crippen LogP contribution >= 0.6 is 11.8 Å². The molecule has 0 aliphatic heterocycles. The fourth-order valence-corrected chi connectivity index (χ4v) is 5.78. The molecule has 3 aromatic rings. The average Bonchev–Trinajstić information content (AvgIpc) is 2.93. The SMILES string of the molecule is Cc1ccc(SCCC(=O)N(Cc2ccccc2F)[C@@H](Cc2ccccc2)C(=O)NC2CCCCC2)cc1. The summed E-state index contributed by atoms with van der Waals surface area (Å²) in [5, 5.41) is 3.23. The van der Waals surface area contributed by atoms with Gasteiger partial charge >= 0.3 is 0 Å². The first-order valence-corrected chi connectivity index (χ1v) is 14.5. The van der Waals surface area contributed by atoms with Gasteiger partial charge in [-0.05, 0) is 43.5 Å². The molecule has 0 spiro atoms. The Morgan fingerprint density at radius 2 is 1.63 bits per heavy atom. The summed E-state index contributed by atoms with van der Waals surface area (Å²) < 4.78 is 14.7. The van der Waals surface area contributed by atoms with Gasteiger partial charge in [0.05, 0.1) is 0 Å². The summed E-state index contributed by atoms with van der Waals surface area (Å²) in [6, 6.07) is 23.9. The first kappa shape index (κ1) is 27.9. The average molecular weight is 533 g/mol. The fourth-order valence-electron chi connectivity index (χ4n) is 4.94. The lowest BCUT2D eigenvalue weighted by Gasteiger charge is -2.33. The number of nitrogens with one attached hydrogen (secondary N) is 1. The normalized spacial score (nSPS) is 14.6. The van der Waals surface area contributed by atoms with Crippen LogP contribution in [0.25, 0.3) is 0 Å². The van der Waals surface area contributed by atoms with E-state index in [2.05, 4.69) is 29.6 Å². The molecule has 3 aromatic carbocycles. The molecule has 2 amide bonds. The van der Waals surface area contributed by atoms with Crippen molar-refractivity contribution >= 4 is 23.6 Å². The Hall–Kier alpha value is -3.12. The van der Waals surface area contributed by atoms with E-state index in [1.807, 2.05) is 37.3 Å². The number of halogens is 1.